The zero-order valence-corrected chi connectivity index (χ0v) is 14.0. The lowest BCUT2D eigenvalue weighted by Gasteiger charge is -2.33. The second kappa shape index (κ2) is 5.79. The van der Waals surface area contributed by atoms with Crippen molar-refractivity contribution in [1.29, 1.82) is 0 Å². The molecule has 2 atom stereocenters. The van der Waals surface area contributed by atoms with Crippen LogP contribution in [-0.4, -0.2) is 44.6 Å². The van der Waals surface area contributed by atoms with E-state index in [0.717, 1.165) is 8.66 Å². The van der Waals surface area contributed by atoms with Crippen LogP contribution >= 0.6 is 27.3 Å². The fourth-order valence-corrected chi connectivity index (χ4v) is 5.83. The van der Waals surface area contributed by atoms with Gasteiger partial charge >= 0.3 is 0 Å². The molecule has 0 radical (unpaired) electrons. The van der Waals surface area contributed by atoms with Crippen LogP contribution < -0.4 is 5.73 Å². The number of nitrogens with two attached hydrogens (primary N) is 1. The van der Waals surface area contributed by atoms with E-state index < -0.39 is 10.0 Å². The number of morpholine rings is 1. The van der Waals surface area contributed by atoms with Gasteiger partial charge in [0.2, 0.25) is 10.0 Å². The fourth-order valence-electron chi connectivity index (χ4n) is 2.01. The number of nitrogens with zero attached hydrogens (tertiary/aromatic N) is 1. The highest BCUT2D eigenvalue weighted by molar-refractivity contribution is 9.11. The second-order valence-electron chi connectivity index (χ2n) is 4.60. The molecule has 1 aromatic heterocycles. The number of halogens is 1. The minimum absolute atomic E-state index is 0.187. The lowest BCUT2D eigenvalue weighted by atomic mass is 10.2. The first-order valence-electron chi connectivity index (χ1n) is 5.95. The molecule has 0 aliphatic carbocycles. The molecule has 0 aromatic carbocycles. The first-order valence-corrected chi connectivity index (χ1v) is 9.00. The molecule has 0 saturated carbocycles. The van der Waals surface area contributed by atoms with E-state index in [-0.39, 0.29) is 12.1 Å². The third-order valence-electron chi connectivity index (χ3n) is 3.10. The molecule has 8 heteroatoms. The Kier molecular flexibility index (Phi) is 4.69. The lowest BCUT2D eigenvalue weighted by Crippen LogP contribution is -2.51. The summed E-state index contributed by atoms with van der Waals surface area (Å²) in [5, 5.41) is 0. The molecule has 0 spiro atoms. The standard InChI is InChI=1S/C11H17BrN2O3S2/c1-7(13)9-6-14(3-4-17-9)19(15,16)10-5-11(12)18-8(10)2/h5,7,9H,3-4,6,13H2,1-2H3. The van der Waals surface area contributed by atoms with Crippen molar-refractivity contribution in [3.8, 4) is 0 Å². The highest BCUT2D eigenvalue weighted by Gasteiger charge is 2.33. The van der Waals surface area contributed by atoms with Crippen molar-refractivity contribution in [2.24, 2.45) is 5.73 Å². The largest absolute Gasteiger partial charge is 0.374 e. The number of hydrogen-bond donors (Lipinski definition) is 1. The van der Waals surface area contributed by atoms with Crippen LogP contribution in [0.3, 0.4) is 0 Å². The number of sulfonamides is 1. The van der Waals surface area contributed by atoms with Crippen LogP contribution in [0.2, 0.25) is 0 Å². The molecule has 1 fully saturated rings. The number of thiophene rings is 1. The summed E-state index contributed by atoms with van der Waals surface area (Å²) in [6.07, 6.45) is -0.245. The molecule has 2 heterocycles. The Morgan fingerprint density at radius 1 is 1.63 bits per heavy atom. The van der Waals surface area contributed by atoms with E-state index in [0.29, 0.717) is 24.6 Å². The SMILES string of the molecule is Cc1sc(Br)cc1S(=O)(=O)N1CCOC(C(C)N)C1. The van der Waals surface area contributed by atoms with Gasteiger partial charge in [-0.3, -0.25) is 0 Å². The summed E-state index contributed by atoms with van der Waals surface area (Å²) >= 11 is 4.75. The Hall–Kier alpha value is 0.01000. The van der Waals surface area contributed by atoms with Gasteiger partial charge in [0.1, 0.15) is 0 Å². The average Bonchev–Trinajstić information content (AvgIpc) is 2.69. The van der Waals surface area contributed by atoms with Crippen LogP contribution in [0.25, 0.3) is 0 Å². The maximum absolute atomic E-state index is 12.6. The van der Waals surface area contributed by atoms with Crippen molar-refractivity contribution in [3.05, 3.63) is 14.7 Å². The van der Waals surface area contributed by atoms with Crippen LogP contribution in [0.15, 0.2) is 14.7 Å². The first-order chi connectivity index (χ1) is 8.82. The zero-order valence-electron chi connectivity index (χ0n) is 10.8. The molecule has 2 unspecified atom stereocenters. The molecular weight excluding hydrogens is 352 g/mol. The lowest BCUT2D eigenvalue weighted by molar-refractivity contribution is -0.0120. The summed E-state index contributed by atoms with van der Waals surface area (Å²) in [5.41, 5.74) is 5.79. The average molecular weight is 369 g/mol. The smallest absolute Gasteiger partial charge is 0.244 e. The minimum atomic E-state index is -3.46. The molecule has 1 saturated heterocycles. The summed E-state index contributed by atoms with van der Waals surface area (Å²) < 4.78 is 33.0. The molecule has 0 amide bonds. The Balaban J connectivity index is 2.27. The van der Waals surface area contributed by atoms with Gasteiger partial charge in [0.05, 0.1) is 21.4 Å². The van der Waals surface area contributed by atoms with E-state index in [4.69, 9.17) is 10.5 Å². The van der Waals surface area contributed by atoms with Gasteiger partial charge in [-0.05, 0) is 35.8 Å². The van der Waals surface area contributed by atoms with E-state index in [1.807, 2.05) is 13.8 Å². The fraction of sp³-hybridized carbons (Fsp3) is 0.636. The number of aryl methyl sites for hydroxylation is 1. The maximum atomic E-state index is 12.6. The van der Waals surface area contributed by atoms with Crippen molar-refractivity contribution in [1.82, 2.24) is 4.31 Å². The van der Waals surface area contributed by atoms with Crippen LogP contribution in [0.5, 0.6) is 0 Å². The molecule has 0 bridgehead atoms. The van der Waals surface area contributed by atoms with Gasteiger partial charge in [0.25, 0.3) is 0 Å². The number of ether oxygens (including phenoxy) is 1. The Bertz CT molecular complexity index is 556. The molecule has 1 aliphatic heterocycles. The minimum Gasteiger partial charge on any atom is -0.374 e. The van der Waals surface area contributed by atoms with E-state index >= 15 is 0 Å². The van der Waals surface area contributed by atoms with Gasteiger partial charge in [-0.2, -0.15) is 4.31 Å². The Labute approximate surface area is 125 Å². The number of rotatable bonds is 3. The third kappa shape index (κ3) is 3.20. The van der Waals surface area contributed by atoms with Gasteiger partial charge in [0, 0.05) is 24.0 Å². The van der Waals surface area contributed by atoms with Crippen molar-refractivity contribution in [2.75, 3.05) is 19.7 Å². The van der Waals surface area contributed by atoms with Crippen LogP contribution in [0.1, 0.15) is 11.8 Å². The molecule has 1 aromatic rings. The molecule has 2 rings (SSSR count). The summed E-state index contributed by atoms with van der Waals surface area (Å²) in [6.45, 7) is 4.71. The van der Waals surface area contributed by atoms with E-state index in [2.05, 4.69) is 15.9 Å². The quantitative estimate of drug-likeness (QED) is 0.878. The van der Waals surface area contributed by atoms with Crippen LogP contribution in [0.4, 0.5) is 0 Å². The van der Waals surface area contributed by atoms with Gasteiger partial charge in [-0.15, -0.1) is 11.3 Å². The highest BCUT2D eigenvalue weighted by atomic mass is 79.9. The second-order valence-corrected chi connectivity index (χ2v) is 9.14. The van der Waals surface area contributed by atoms with E-state index in [9.17, 15) is 8.42 Å². The Morgan fingerprint density at radius 2 is 2.32 bits per heavy atom. The van der Waals surface area contributed by atoms with Crippen molar-refractivity contribution < 1.29 is 13.2 Å². The van der Waals surface area contributed by atoms with Crippen molar-refractivity contribution in [2.45, 2.75) is 30.9 Å². The first kappa shape index (κ1) is 15.4. The molecule has 108 valence electrons. The normalized spacial score (nSPS) is 23.5. The third-order valence-corrected chi connectivity index (χ3v) is 6.78. The number of hydrogen-bond acceptors (Lipinski definition) is 5. The van der Waals surface area contributed by atoms with Gasteiger partial charge in [-0.25, -0.2) is 8.42 Å². The van der Waals surface area contributed by atoms with E-state index in [1.54, 1.807) is 6.07 Å². The summed E-state index contributed by atoms with van der Waals surface area (Å²) in [7, 11) is -3.46. The summed E-state index contributed by atoms with van der Waals surface area (Å²) in [5.74, 6) is 0. The van der Waals surface area contributed by atoms with Gasteiger partial charge in [0.15, 0.2) is 0 Å². The molecule has 2 N–H and O–H groups in total. The summed E-state index contributed by atoms with van der Waals surface area (Å²) in [4.78, 5) is 1.16. The zero-order chi connectivity index (χ0) is 14.2. The highest BCUT2D eigenvalue weighted by Crippen LogP contribution is 2.32. The van der Waals surface area contributed by atoms with Gasteiger partial charge in [-0.1, -0.05) is 0 Å². The van der Waals surface area contributed by atoms with Crippen molar-refractivity contribution in [3.63, 3.8) is 0 Å². The molecular formula is C11H17BrN2O3S2. The monoisotopic (exact) mass is 368 g/mol. The molecule has 19 heavy (non-hydrogen) atoms. The molecule has 5 nitrogen and oxygen atoms in total. The van der Waals surface area contributed by atoms with Crippen LogP contribution in [-0.2, 0) is 14.8 Å². The Morgan fingerprint density at radius 3 is 2.84 bits per heavy atom. The summed E-state index contributed by atoms with van der Waals surface area (Å²) in [6, 6.07) is 1.47. The maximum Gasteiger partial charge on any atom is 0.244 e. The topological polar surface area (TPSA) is 72.6 Å². The van der Waals surface area contributed by atoms with E-state index in [1.165, 1.54) is 15.6 Å². The van der Waals surface area contributed by atoms with Crippen molar-refractivity contribution >= 4 is 37.3 Å². The molecule has 1 aliphatic rings. The van der Waals surface area contributed by atoms with Crippen LogP contribution in [0, 0.1) is 6.92 Å². The van der Waals surface area contributed by atoms with Gasteiger partial charge < -0.3 is 10.5 Å². The predicted molar refractivity (Wildman–Crippen MR) is 78.9 cm³/mol. The predicted octanol–water partition coefficient (Wildman–Crippen LogP) is 1.56.